The molecule has 8 nitrogen and oxygen atoms in total. The summed E-state index contributed by atoms with van der Waals surface area (Å²) in [7, 11) is 1.21. The van der Waals surface area contributed by atoms with Crippen molar-refractivity contribution in [2.75, 3.05) is 25.1 Å². The van der Waals surface area contributed by atoms with E-state index in [-0.39, 0.29) is 23.7 Å². The van der Waals surface area contributed by atoms with Crippen molar-refractivity contribution >= 4 is 17.5 Å². The fourth-order valence-corrected chi connectivity index (χ4v) is 2.16. The first-order valence-electron chi connectivity index (χ1n) is 6.05. The van der Waals surface area contributed by atoms with E-state index in [0.717, 1.165) is 0 Å². The number of methoxy groups -OCH3 is 1. The van der Waals surface area contributed by atoms with Gasteiger partial charge in [0.25, 0.3) is 0 Å². The van der Waals surface area contributed by atoms with Gasteiger partial charge in [-0.25, -0.2) is 9.78 Å². The van der Waals surface area contributed by atoms with Crippen LogP contribution in [0.5, 0.6) is 0 Å². The number of anilines is 1. The van der Waals surface area contributed by atoms with Crippen molar-refractivity contribution in [1.82, 2.24) is 4.98 Å². The SMILES string of the molecule is COC(=O)c1ccc([N+](=O)[O-])c(N2CCC(C)(O)C2)n1. The van der Waals surface area contributed by atoms with Crippen LogP contribution in [-0.4, -0.2) is 46.8 Å². The third-order valence-electron chi connectivity index (χ3n) is 3.20. The molecule has 2 rings (SSSR count). The molecule has 1 fully saturated rings. The lowest BCUT2D eigenvalue weighted by molar-refractivity contribution is -0.384. The Bertz CT molecular complexity index is 558. The van der Waals surface area contributed by atoms with Gasteiger partial charge in [0.05, 0.1) is 17.6 Å². The number of carbonyl (C=O) groups is 1. The third kappa shape index (κ3) is 2.69. The maximum atomic E-state index is 11.5. The Morgan fingerprint density at radius 3 is 2.80 bits per heavy atom. The van der Waals surface area contributed by atoms with Crippen molar-refractivity contribution in [3.63, 3.8) is 0 Å². The molecule has 20 heavy (non-hydrogen) atoms. The van der Waals surface area contributed by atoms with Gasteiger partial charge in [-0.05, 0) is 19.4 Å². The molecule has 108 valence electrons. The molecule has 1 aromatic heterocycles. The number of pyridine rings is 1. The maximum Gasteiger partial charge on any atom is 0.356 e. The fourth-order valence-electron chi connectivity index (χ4n) is 2.16. The number of aromatic nitrogens is 1. The monoisotopic (exact) mass is 281 g/mol. The Morgan fingerprint density at radius 1 is 1.60 bits per heavy atom. The lowest BCUT2D eigenvalue weighted by Gasteiger charge is -2.19. The molecular weight excluding hydrogens is 266 g/mol. The number of ether oxygens (including phenoxy) is 1. The highest BCUT2D eigenvalue weighted by molar-refractivity contribution is 5.88. The number of nitrogens with zero attached hydrogens (tertiary/aromatic N) is 3. The Balaban J connectivity index is 2.43. The number of aliphatic hydroxyl groups is 1. The molecule has 0 spiro atoms. The summed E-state index contributed by atoms with van der Waals surface area (Å²) in [5.74, 6) is -0.581. The molecule has 0 bridgehead atoms. The Hall–Kier alpha value is -2.22. The first kappa shape index (κ1) is 14.2. The van der Waals surface area contributed by atoms with E-state index in [9.17, 15) is 20.0 Å². The summed E-state index contributed by atoms with van der Waals surface area (Å²) >= 11 is 0. The molecule has 1 aliphatic rings. The number of β-amino-alcohol motifs (C(OH)–C–C–N with tert-alkyl or cyclic N) is 1. The molecule has 1 unspecified atom stereocenters. The minimum absolute atomic E-state index is 0.000331. The largest absolute Gasteiger partial charge is 0.464 e. The number of hydrogen-bond acceptors (Lipinski definition) is 7. The smallest absolute Gasteiger partial charge is 0.356 e. The molecule has 0 saturated carbocycles. The molecule has 0 aromatic carbocycles. The van der Waals surface area contributed by atoms with E-state index in [2.05, 4.69) is 9.72 Å². The number of hydrogen-bond donors (Lipinski definition) is 1. The van der Waals surface area contributed by atoms with Gasteiger partial charge < -0.3 is 14.7 Å². The van der Waals surface area contributed by atoms with Gasteiger partial charge >= 0.3 is 11.7 Å². The van der Waals surface area contributed by atoms with E-state index < -0.39 is 16.5 Å². The van der Waals surface area contributed by atoms with Gasteiger partial charge in [-0.3, -0.25) is 10.1 Å². The minimum atomic E-state index is -0.920. The highest BCUT2D eigenvalue weighted by Crippen LogP contribution is 2.32. The molecule has 1 aromatic rings. The fraction of sp³-hybridized carbons (Fsp3) is 0.500. The topological polar surface area (TPSA) is 106 Å². The van der Waals surface area contributed by atoms with Crippen LogP contribution >= 0.6 is 0 Å². The van der Waals surface area contributed by atoms with Gasteiger partial charge in [-0.1, -0.05) is 0 Å². The Labute approximate surface area is 115 Å². The predicted octanol–water partition coefficient (Wildman–Crippen LogP) is 0.737. The summed E-state index contributed by atoms with van der Waals surface area (Å²) in [6, 6.07) is 2.48. The van der Waals surface area contributed by atoms with E-state index in [1.54, 1.807) is 11.8 Å². The second kappa shape index (κ2) is 5.04. The summed E-state index contributed by atoms with van der Waals surface area (Å²) in [5, 5.41) is 21.0. The Morgan fingerprint density at radius 2 is 2.30 bits per heavy atom. The summed E-state index contributed by atoms with van der Waals surface area (Å²) in [5.41, 5.74) is -1.12. The predicted molar refractivity (Wildman–Crippen MR) is 69.7 cm³/mol. The number of rotatable bonds is 3. The van der Waals surface area contributed by atoms with Crippen LogP contribution in [0.4, 0.5) is 11.5 Å². The molecule has 1 saturated heterocycles. The van der Waals surface area contributed by atoms with Crippen molar-refractivity contribution in [2.45, 2.75) is 18.9 Å². The zero-order chi connectivity index (χ0) is 14.9. The van der Waals surface area contributed by atoms with Gasteiger partial charge in [-0.15, -0.1) is 0 Å². The molecule has 0 radical (unpaired) electrons. The maximum absolute atomic E-state index is 11.5. The highest BCUT2D eigenvalue weighted by Gasteiger charge is 2.35. The van der Waals surface area contributed by atoms with E-state index in [0.29, 0.717) is 13.0 Å². The quantitative estimate of drug-likeness (QED) is 0.494. The molecule has 1 aliphatic heterocycles. The van der Waals surface area contributed by atoms with Crippen LogP contribution in [0.2, 0.25) is 0 Å². The Kier molecular flexibility index (Phi) is 3.58. The second-order valence-corrected chi connectivity index (χ2v) is 4.96. The van der Waals surface area contributed by atoms with Crippen LogP contribution in [0.1, 0.15) is 23.8 Å². The summed E-state index contributed by atoms with van der Waals surface area (Å²) in [6.45, 7) is 2.32. The van der Waals surface area contributed by atoms with Crippen molar-refractivity contribution in [1.29, 1.82) is 0 Å². The summed E-state index contributed by atoms with van der Waals surface area (Å²) in [6.07, 6.45) is 0.480. The van der Waals surface area contributed by atoms with Crippen LogP contribution in [0.25, 0.3) is 0 Å². The minimum Gasteiger partial charge on any atom is -0.464 e. The van der Waals surface area contributed by atoms with Crippen LogP contribution in [0.3, 0.4) is 0 Å². The molecular formula is C12H15N3O5. The van der Waals surface area contributed by atoms with Gasteiger partial charge in [0.1, 0.15) is 0 Å². The molecule has 8 heteroatoms. The van der Waals surface area contributed by atoms with E-state index in [1.807, 2.05) is 0 Å². The lowest BCUT2D eigenvalue weighted by atomic mass is 10.1. The number of esters is 1. The highest BCUT2D eigenvalue weighted by atomic mass is 16.6. The van der Waals surface area contributed by atoms with Crippen molar-refractivity contribution in [3.8, 4) is 0 Å². The summed E-state index contributed by atoms with van der Waals surface area (Å²) < 4.78 is 4.56. The van der Waals surface area contributed by atoms with E-state index in [1.165, 1.54) is 19.2 Å². The number of nitro groups is 1. The van der Waals surface area contributed by atoms with E-state index in [4.69, 9.17) is 0 Å². The second-order valence-electron chi connectivity index (χ2n) is 4.96. The van der Waals surface area contributed by atoms with Gasteiger partial charge in [0.15, 0.2) is 5.69 Å². The molecule has 1 atom stereocenters. The van der Waals surface area contributed by atoms with Gasteiger partial charge in [-0.2, -0.15) is 0 Å². The zero-order valence-electron chi connectivity index (χ0n) is 11.2. The van der Waals surface area contributed by atoms with Crippen LogP contribution < -0.4 is 4.90 Å². The third-order valence-corrected chi connectivity index (χ3v) is 3.20. The van der Waals surface area contributed by atoms with Gasteiger partial charge in [0.2, 0.25) is 5.82 Å². The first-order valence-corrected chi connectivity index (χ1v) is 6.05. The van der Waals surface area contributed by atoms with Gasteiger partial charge in [0, 0.05) is 19.2 Å². The summed E-state index contributed by atoms with van der Waals surface area (Å²) in [4.78, 5) is 27.6. The average molecular weight is 281 g/mol. The zero-order valence-corrected chi connectivity index (χ0v) is 11.2. The van der Waals surface area contributed by atoms with Crippen molar-refractivity contribution in [2.24, 2.45) is 0 Å². The van der Waals surface area contributed by atoms with Crippen LogP contribution in [0.15, 0.2) is 12.1 Å². The van der Waals surface area contributed by atoms with Crippen LogP contribution in [-0.2, 0) is 4.74 Å². The number of carbonyl (C=O) groups excluding carboxylic acids is 1. The lowest BCUT2D eigenvalue weighted by Crippen LogP contribution is -2.30. The molecule has 1 N–H and O–H groups in total. The van der Waals surface area contributed by atoms with Crippen LogP contribution in [0, 0.1) is 10.1 Å². The average Bonchev–Trinajstić information content (AvgIpc) is 2.77. The van der Waals surface area contributed by atoms with E-state index >= 15 is 0 Å². The normalized spacial score (nSPS) is 21.9. The van der Waals surface area contributed by atoms with Crippen molar-refractivity contribution in [3.05, 3.63) is 27.9 Å². The van der Waals surface area contributed by atoms with Crippen molar-refractivity contribution < 1.29 is 19.6 Å². The molecule has 0 aliphatic carbocycles. The molecule has 2 heterocycles. The standard InChI is InChI=1S/C12H15N3O5/c1-12(17)5-6-14(7-12)10-9(15(18)19)4-3-8(13-10)11(16)20-2/h3-4,17H,5-7H2,1-2H3. The first-order chi connectivity index (χ1) is 9.34. The molecule has 0 amide bonds.